The van der Waals surface area contributed by atoms with E-state index in [4.69, 9.17) is 4.74 Å². The Morgan fingerprint density at radius 1 is 1.18 bits per heavy atom. The molecule has 1 atom stereocenters. The fraction of sp³-hybridized carbons (Fsp3) is 0.269. The van der Waals surface area contributed by atoms with Crippen molar-refractivity contribution in [2.75, 3.05) is 18.1 Å². The molecule has 2 aliphatic heterocycles. The van der Waals surface area contributed by atoms with Gasteiger partial charge in [0.05, 0.1) is 16.7 Å². The van der Waals surface area contributed by atoms with E-state index < -0.39 is 0 Å². The molecule has 1 aromatic heterocycles. The third kappa shape index (κ3) is 4.51. The molecule has 3 aromatic rings. The van der Waals surface area contributed by atoms with Gasteiger partial charge in [0.25, 0.3) is 11.1 Å². The maximum atomic E-state index is 13.1. The monoisotopic (exact) mass is 475 g/mol. The van der Waals surface area contributed by atoms with Crippen LogP contribution >= 0.6 is 11.8 Å². The summed E-state index contributed by atoms with van der Waals surface area (Å²) in [6.45, 7) is 3.38. The lowest BCUT2D eigenvalue weighted by Crippen LogP contribution is -2.34. The van der Waals surface area contributed by atoms with Gasteiger partial charge in [-0.3, -0.25) is 14.4 Å². The lowest BCUT2D eigenvalue weighted by atomic mass is 10.1. The summed E-state index contributed by atoms with van der Waals surface area (Å²) >= 11 is 0.926. The van der Waals surface area contributed by atoms with Crippen molar-refractivity contribution in [2.45, 2.75) is 32.4 Å². The number of carbonyl (C=O) groups excluding carboxylic acids is 3. The Balaban J connectivity index is 1.38. The average Bonchev–Trinajstić information content (AvgIpc) is 3.53. The molecular weight excluding hydrogens is 450 g/mol. The molecule has 2 fully saturated rings. The van der Waals surface area contributed by atoms with Crippen molar-refractivity contribution < 1.29 is 19.1 Å². The van der Waals surface area contributed by atoms with Gasteiger partial charge in [0.15, 0.2) is 0 Å². The highest BCUT2D eigenvalue weighted by atomic mass is 32.2. The van der Waals surface area contributed by atoms with Crippen LogP contribution < -0.4 is 10.2 Å². The highest BCUT2D eigenvalue weighted by Crippen LogP contribution is 2.37. The summed E-state index contributed by atoms with van der Waals surface area (Å²) in [6.07, 6.45) is 5.68. The first-order chi connectivity index (χ1) is 16.5. The molecule has 1 N–H and O–H groups in total. The summed E-state index contributed by atoms with van der Waals surface area (Å²) in [7, 11) is 0. The molecule has 5 rings (SSSR count). The van der Waals surface area contributed by atoms with Gasteiger partial charge in [-0.05, 0) is 55.8 Å². The number of thioether (sulfide) groups is 1. The van der Waals surface area contributed by atoms with Gasteiger partial charge in [-0.25, -0.2) is 4.90 Å². The van der Waals surface area contributed by atoms with Crippen molar-refractivity contribution in [1.29, 1.82) is 0 Å². The predicted molar refractivity (Wildman–Crippen MR) is 134 cm³/mol. The number of nitrogens with one attached hydrogen (secondary N) is 1. The smallest absolute Gasteiger partial charge is 0.298 e. The number of carbonyl (C=O) groups is 3. The second-order valence-corrected chi connectivity index (χ2v) is 9.51. The van der Waals surface area contributed by atoms with Gasteiger partial charge in [-0.2, -0.15) is 0 Å². The van der Waals surface area contributed by atoms with Gasteiger partial charge >= 0.3 is 0 Å². The molecule has 0 aliphatic carbocycles. The van der Waals surface area contributed by atoms with Crippen LogP contribution in [0.5, 0.6) is 0 Å². The Morgan fingerprint density at radius 2 is 1.97 bits per heavy atom. The number of ether oxygens (including phenoxy) is 1. The number of rotatable bonds is 6. The number of anilines is 1. The zero-order valence-corrected chi connectivity index (χ0v) is 19.6. The van der Waals surface area contributed by atoms with E-state index in [9.17, 15) is 14.4 Å². The molecule has 2 aromatic carbocycles. The number of aromatic nitrogens is 1. The molecular formula is C26H25N3O4S. The highest BCUT2D eigenvalue weighted by Gasteiger charge is 2.36. The van der Waals surface area contributed by atoms with Gasteiger partial charge in [0, 0.05) is 35.8 Å². The Labute approximate surface area is 201 Å². The summed E-state index contributed by atoms with van der Waals surface area (Å²) in [5, 5.41) is 3.54. The lowest BCUT2D eigenvalue weighted by Gasteiger charge is -2.12. The minimum atomic E-state index is -0.343. The van der Waals surface area contributed by atoms with Crippen LogP contribution in [-0.4, -0.2) is 40.9 Å². The van der Waals surface area contributed by atoms with Crippen LogP contribution in [0, 0.1) is 6.92 Å². The summed E-state index contributed by atoms with van der Waals surface area (Å²) in [6, 6.07) is 15.0. The number of imide groups is 1. The lowest BCUT2D eigenvalue weighted by molar-refractivity contribution is -0.122. The van der Waals surface area contributed by atoms with Crippen molar-refractivity contribution in [3.63, 3.8) is 0 Å². The van der Waals surface area contributed by atoms with E-state index in [0.717, 1.165) is 53.2 Å². The standard InChI is InChI=1S/C26H25N3O4S/c1-17-8-10-19(11-9-17)29-25(31)23(34-26(29)32)13-18-15-28(22-7-3-2-6-21(18)22)16-24(30)27-14-20-5-4-12-33-20/h2-3,6-11,13,15,20H,4-5,12,14,16H2,1H3,(H,27,30)/b23-13-/t20-/m1/s1. The second-order valence-electron chi connectivity index (χ2n) is 8.52. The molecule has 34 heavy (non-hydrogen) atoms. The van der Waals surface area contributed by atoms with Crippen molar-refractivity contribution in [1.82, 2.24) is 9.88 Å². The van der Waals surface area contributed by atoms with Crippen molar-refractivity contribution >= 4 is 51.5 Å². The number of hydrogen-bond acceptors (Lipinski definition) is 5. The maximum Gasteiger partial charge on any atom is 0.298 e. The van der Waals surface area contributed by atoms with Crippen molar-refractivity contribution in [3.05, 3.63) is 70.8 Å². The van der Waals surface area contributed by atoms with E-state index in [0.29, 0.717) is 17.1 Å². The fourth-order valence-corrected chi connectivity index (χ4v) is 5.12. The third-order valence-electron chi connectivity index (χ3n) is 6.06. The van der Waals surface area contributed by atoms with Gasteiger partial charge in [0.2, 0.25) is 5.91 Å². The maximum absolute atomic E-state index is 13.1. The minimum absolute atomic E-state index is 0.0880. The third-order valence-corrected chi connectivity index (χ3v) is 6.93. The first-order valence-corrected chi connectivity index (χ1v) is 12.1. The van der Waals surface area contributed by atoms with E-state index in [-0.39, 0.29) is 29.7 Å². The van der Waals surface area contributed by atoms with Crippen LogP contribution in [0.25, 0.3) is 17.0 Å². The summed E-state index contributed by atoms with van der Waals surface area (Å²) in [5.74, 6) is -0.438. The zero-order chi connectivity index (χ0) is 23.7. The molecule has 0 bridgehead atoms. The molecule has 3 amide bonds. The Bertz CT molecular complexity index is 1290. The molecule has 0 unspecified atom stereocenters. The Hall–Kier alpha value is -3.36. The number of nitrogens with zero attached hydrogens (tertiary/aromatic N) is 2. The molecule has 0 saturated carbocycles. The van der Waals surface area contributed by atoms with Crippen LogP contribution in [0.1, 0.15) is 24.0 Å². The van der Waals surface area contributed by atoms with Crippen molar-refractivity contribution in [2.24, 2.45) is 0 Å². The largest absolute Gasteiger partial charge is 0.376 e. The Kier molecular flexibility index (Phi) is 6.26. The molecule has 3 heterocycles. The first-order valence-electron chi connectivity index (χ1n) is 11.3. The first kappa shape index (κ1) is 22.4. The van der Waals surface area contributed by atoms with E-state index >= 15 is 0 Å². The molecule has 2 saturated heterocycles. The quantitative estimate of drug-likeness (QED) is 0.532. The molecule has 8 heteroatoms. The predicted octanol–water partition coefficient (Wildman–Crippen LogP) is 4.49. The van der Waals surface area contributed by atoms with Crippen LogP contribution in [0.15, 0.2) is 59.6 Å². The van der Waals surface area contributed by atoms with Gasteiger partial charge in [-0.1, -0.05) is 35.9 Å². The highest BCUT2D eigenvalue weighted by molar-refractivity contribution is 8.19. The van der Waals surface area contributed by atoms with Gasteiger partial charge in [-0.15, -0.1) is 0 Å². The minimum Gasteiger partial charge on any atom is -0.376 e. The molecule has 2 aliphatic rings. The number of aryl methyl sites for hydroxylation is 1. The number of benzene rings is 2. The molecule has 0 spiro atoms. The molecule has 7 nitrogen and oxygen atoms in total. The van der Waals surface area contributed by atoms with Crippen LogP contribution in [-0.2, 0) is 20.9 Å². The second kappa shape index (κ2) is 9.48. The van der Waals surface area contributed by atoms with E-state index in [1.807, 2.05) is 54.1 Å². The molecule has 0 radical (unpaired) electrons. The van der Waals surface area contributed by atoms with E-state index in [1.54, 1.807) is 18.2 Å². The van der Waals surface area contributed by atoms with Gasteiger partial charge in [0.1, 0.15) is 6.54 Å². The van der Waals surface area contributed by atoms with Crippen LogP contribution in [0.2, 0.25) is 0 Å². The summed E-state index contributed by atoms with van der Waals surface area (Å²) in [4.78, 5) is 39.8. The van der Waals surface area contributed by atoms with Crippen LogP contribution in [0.4, 0.5) is 10.5 Å². The van der Waals surface area contributed by atoms with Crippen molar-refractivity contribution in [3.8, 4) is 0 Å². The fourth-order valence-electron chi connectivity index (χ4n) is 4.29. The van der Waals surface area contributed by atoms with E-state index in [1.165, 1.54) is 4.90 Å². The topological polar surface area (TPSA) is 80.6 Å². The zero-order valence-electron chi connectivity index (χ0n) is 18.8. The SMILES string of the molecule is Cc1ccc(N2C(=O)S/C(=C\c3cn(CC(=O)NC[C@H]4CCCO4)c4ccccc34)C2=O)cc1. The number of fused-ring (bicyclic) bond motifs is 1. The number of hydrogen-bond donors (Lipinski definition) is 1. The van der Waals surface area contributed by atoms with Crippen LogP contribution in [0.3, 0.4) is 0 Å². The average molecular weight is 476 g/mol. The molecule has 174 valence electrons. The Morgan fingerprint density at radius 3 is 2.74 bits per heavy atom. The number of amides is 3. The number of para-hydroxylation sites is 1. The summed E-state index contributed by atoms with van der Waals surface area (Å²) in [5.41, 5.74) is 3.29. The summed E-state index contributed by atoms with van der Waals surface area (Å²) < 4.78 is 7.44. The normalized spacial score (nSPS) is 19.5. The van der Waals surface area contributed by atoms with E-state index in [2.05, 4.69) is 5.32 Å². The van der Waals surface area contributed by atoms with Gasteiger partial charge < -0.3 is 14.6 Å².